The van der Waals surface area contributed by atoms with Crippen LogP contribution in [-0.4, -0.2) is 58.5 Å². The van der Waals surface area contributed by atoms with E-state index < -0.39 is 21.8 Å². The van der Waals surface area contributed by atoms with Gasteiger partial charge < -0.3 is 5.11 Å². The number of carboxylic acids is 1. The number of carboxylic acid groups (broad SMARTS) is 1. The first kappa shape index (κ1) is 15.8. The molecule has 21 heavy (non-hydrogen) atoms. The normalized spacial score (nSPS) is 23.6. The van der Waals surface area contributed by atoms with E-state index >= 15 is 0 Å². The summed E-state index contributed by atoms with van der Waals surface area (Å²) in [5.41, 5.74) is 1.53. The van der Waals surface area contributed by atoms with Gasteiger partial charge in [0.05, 0.1) is 35.4 Å². The summed E-state index contributed by atoms with van der Waals surface area (Å²) < 4.78 is 23.5. The minimum atomic E-state index is -3.18. The van der Waals surface area contributed by atoms with Crippen molar-refractivity contribution in [2.24, 2.45) is 0 Å². The Balaban J connectivity index is 2.27. The van der Waals surface area contributed by atoms with Crippen molar-refractivity contribution in [2.45, 2.75) is 32.4 Å². The van der Waals surface area contributed by atoms with Crippen LogP contribution in [0, 0.1) is 6.92 Å². The van der Waals surface area contributed by atoms with Crippen LogP contribution in [0.15, 0.2) is 12.4 Å². The molecule has 1 N–H and O–H groups in total. The highest BCUT2D eigenvalue weighted by molar-refractivity contribution is 7.91. The third kappa shape index (κ3) is 3.76. The SMILES string of the molecule is Cc1nccnc1C(C)N1CCS(=O)(=O)CC1CC(=O)O. The van der Waals surface area contributed by atoms with Crippen LogP contribution in [0.4, 0.5) is 0 Å². The molecular weight excluding hydrogens is 294 g/mol. The predicted molar refractivity (Wildman–Crippen MR) is 76.6 cm³/mol. The van der Waals surface area contributed by atoms with Crippen molar-refractivity contribution in [1.29, 1.82) is 0 Å². The molecule has 2 heterocycles. The number of nitrogens with zero attached hydrogens (tertiary/aromatic N) is 3. The van der Waals surface area contributed by atoms with E-state index in [4.69, 9.17) is 5.11 Å². The highest BCUT2D eigenvalue weighted by atomic mass is 32.2. The Hall–Kier alpha value is -1.54. The van der Waals surface area contributed by atoms with Crippen LogP contribution in [0.1, 0.15) is 30.8 Å². The highest BCUT2D eigenvalue weighted by Crippen LogP contribution is 2.27. The van der Waals surface area contributed by atoms with Crippen LogP contribution in [0.25, 0.3) is 0 Å². The molecule has 1 fully saturated rings. The van der Waals surface area contributed by atoms with E-state index in [2.05, 4.69) is 9.97 Å². The number of aromatic nitrogens is 2. The Morgan fingerprint density at radius 3 is 2.76 bits per heavy atom. The molecule has 2 atom stereocenters. The van der Waals surface area contributed by atoms with Gasteiger partial charge in [0.25, 0.3) is 0 Å². The highest BCUT2D eigenvalue weighted by Gasteiger charge is 2.36. The Morgan fingerprint density at radius 2 is 2.14 bits per heavy atom. The Kier molecular flexibility index (Phi) is 4.58. The summed E-state index contributed by atoms with van der Waals surface area (Å²) in [6, 6.07) is -0.698. The van der Waals surface area contributed by atoms with Crippen LogP contribution in [0.3, 0.4) is 0 Å². The predicted octanol–water partition coefficient (Wildman–Crippen LogP) is 0.420. The van der Waals surface area contributed by atoms with Crippen LogP contribution in [-0.2, 0) is 14.6 Å². The van der Waals surface area contributed by atoms with E-state index in [0.717, 1.165) is 11.4 Å². The number of hydrogen-bond donors (Lipinski definition) is 1. The number of carbonyl (C=O) groups is 1. The fraction of sp³-hybridized carbons (Fsp3) is 0.615. The summed E-state index contributed by atoms with van der Waals surface area (Å²) in [4.78, 5) is 21.4. The molecule has 2 rings (SSSR count). The molecular formula is C13H19N3O4S. The third-order valence-corrected chi connectivity index (χ3v) is 5.50. The molecule has 0 amide bonds. The topological polar surface area (TPSA) is 100 Å². The summed E-state index contributed by atoms with van der Waals surface area (Å²) in [5.74, 6) is -1.07. The number of rotatable bonds is 4. The van der Waals surface area contributed by atoms with E-state index in [-0.39, 0.29) is 24.0 Å². The molecule has 0 saturated carbocycles. The lowest BCUT2D eigenvalue weighted by atomic mass is 10.1. The van der Waals surface area contributed by atoms with Gasteiger partial charge in [-0.15, -0.1) is 0 Å². The Labute approximate surface area is 123 Å². The van der Waals surface area contributed by atoms with Gasteiger partial charge in [0.1, 0.15) is 0 Å². The molecule has 7 nitrogen and oxygen atoms in total. The summed E-state index contributed by atoms with van der Waals surface area (Å²) >= 11 is 0. The zero-order valence-electron chi connectivity index (χ0n) is 12.1. The van der Waals surface area contributed by atoms with Crippen LogP contribution < -0.4 is 0 Å². The van der Waals surface area contributed by atoms with Gasteiger partial charge in [-0.3, -0.25) is 19.7 Å². The number of aliphatic carboxylic acids is 1. The van der Waals surface area contributed by atoms with Crippen LogP contribution in [0.5, 0.6) is 0 Å². The van der Waals surface area contributed by atoms with Gasteiger partial charge >= 0.3 is 5.97 Å². The van der Waals surface area contributed by atoms with Gasteiger partial charge in [-0.1, -0.05) is 0 Å². The third-order valence-electron chi connectivity index (χ3n) is 3.80. The van der Waals surface area contributed by atoms with Gasteiger partial charge in [-0.05, 0) is 13.8 Å². The average molecular weight is 313 g/mol. The number of aryl methyl sites for hydroxylation is 1. The fourth-order valence-electron chi connectivity index (χ4n) is 2.77. The van der Waals surface area contributed by atoms with Crippen molar-refractivity contribution < 1.29 is 18.3 Å². The lowest BCUT2D eigenvalue weighted by Gasteiger charge is -2.38. The minimum absolute atomic E-state index is 0.0484. The molecule has 1 aliphatic rings. The van der Waals surface area contributed by atoms with E-state index in [1.54, 1.807) is 12.4 Å². The zero-order chi connectivity index (χ0) is 15.6. The summed E-state index contributed by atoms with van der Waals surface area (Å²) in [6.45, 7) is 4.06. The Bertz CT molecular complexity index is 632. The number of sulfone groups is 1. The van der Waals surface area contributed by atoms with Gasteiger partial charge in [0.15, 0.2) is 9.84 Å². The summed E-state index contributed by atoms with van der Waals surface area (Å²) in [7, 11) is -3.18. The monoisotopic (exact) mass is 313 g/mol. The lowest BCUT2D eigenvalue weighted by molar-refractivity contribution is -0.138. The van der Waals surface area contributed by atoms with Crippen molar-refractivity contribution in [1.82, 2.24) is 14.9 Å². The second kappa shape index (κ2) is 6.07. The van der Waals surface area contributed by atoms with Crippen molar-refractivity contribution in [3.05, 3.63) is 23.8 Å². The van der Waals surface area contributed by atoms with Gasteiger partial charge in [-0.2, -0.15) is 0 Å². The molecule has 2 unspecified atom stereocenters. The Morgan fingerprint density at radius 1 is 1.48 bits per heavy atom. The maximum absolute atomic E-state index is 11.8. The van der Waals surface area contributed by atoms with E-state index in [1.807, 2.05) is 18.7 Å². The van der Waals surface area contributed by atoms with Crippen LogP contribution in [0.2, 0.25) is 0 Å². The zero-order valence-corrected chi connectivity index (χ0v) is 12.9. The van der Waals surface area contributed by atoms with Crippen molar-refractivity contribution >= 4 is 15.8 Å². The molecule has 0 spiro atoms. The molecule has 0 radical (unpaired) electrons. The van der Waals surface area contributed by atoms with Crippen LogP contribution >= 0.6 is 0 Å². The van der Waals surface area contributed by atoms with Gasteiger partial charge in [0, 0.05) is 25.0 Å². The number of hydrogen-bond acceptors (Lipinski definition) is 6. The molecule has 1 aliphatic heterocycles. The second-order valence-corrected chi connectivity index (χ2v) is 7.54. The van der Waals surface area contributed by atoms with Crippen molar-refractivity contribution in [3.8, 4) is 0 Å². The smallest absolute Gasteiger partial charge is 0.304 e. The quantitative estimate of drug-likeness (QED) is 0.859. The first-order valence-electron chi connectivity index (χ1n) is 6.75. The first-order valence-corrected chi connectivity index (χ1v) is 8.58. The fourth-order valence-corrected chi connectivity index (χ4v) is 4.32. The van der Waals surface area contributed by atoms with Gasteiger partial charge in [-0.25, -0.2) is 8.42 Å². The standard InChI is InChI=1S/C13H19N3O4S/c1-9-13(15-4-3-14-9)10(2)16-5-6-21(19,20)8-11(16)7-12(17)18/h3-4,10-11H,5-8H2,1-2H3,(H,17,18). The minimum Gasteiger partial charge on any atom is -0.481 e. The summed E-state index contributed by atoms with van der Waals surface area (Å²) in [6.07, 6.45) is 3.00. The molecule has 0 bridgehead atoms. The van der Waals surface area contributed by atoms with Gasteiger partial charge in [0.2, 0.25) is 0 Å². The lowest BCUT2D eigenvalue weighted by Crippen LogP contribution is -2.50. The molecule has 116 valence electrons. The van der Waals surface area contributed by atoms with Crippen molar-refractivity contribution in [3.63, 3.8) is 0 Å². The summed E-state index contributed by atoms with van der Waals surface area (Å²) in [5, 5.41) is 9.01. The molecule has 0 aliphatic carbocycles. The van der Waals surface area contributed by atoms with Crippen molar-refractivity contribution in [2.75, 3.05) is 18.1 Å². The first-order chi connectivity index (χ1) is 9.80. The van der Waals surface area contributed by atoms with E-state index in [0.29, 0.717) is 6.54 Å². The molecule has 8 heteroatoms. The van der Waals surface area contributed by atoms with E-state index in [9.17, 15) is 13.2 Å². The maximum atomic E-state index is 11.8. The van der Waals surface area contributed by atoms with E-state index in [1.165, 1.54) is 0 Å². The maximum Gasteiger partial charge on any atom is 0.304 e. The second-order valence-electron chi connectivity index (χ2n) is 5.31. The molecule has 0 aromatic carbocycles. The largest absolute Gasteiger partial charge is 0.481 e. The molecule has 1 aromatic heterocycles. The average Bonchev–Trinajstić information content (AvgIpc) is 2.37. The molecule has 1 saturated heterocycles. The molecule has 1 aromatic rings.